The average Bonchev–Trinajstić information content (AvgIpc) is 3.46. The zero-order chi connectivity index (χ0) is 30.4. The summed E-state index contributed by atoms with van der Waals surface area (Å²) >= 11 is 6.51. The molecule has 11 heteroatoms. The van der Waals surface area contributed by atoms with Gasteiger partial charge < -0.3 is 19.5 Å². The van der Waals surface area contributed by atoms with Gasteiger partial charge in [-0.05, 0) is 65.6 Å². The van der Waals surface area contributed by atoms with E-state index < -0.39 is 15.9 Å². The highest BCUT2D eigenvalue weighted by atomic mass is 35.5. The molecule has 0 amide bonds. The van der Waals surface area contributed by atoms with Crippen molar-refractivity contribution in [3.8, 4) is 5.75 Å². The van der Waals surface area contributed by atoms with Gasteiger partial charge in [-0.1, -0.05) is 43.6 Å². The monoisotopic (exact) mass is 623 g/mol. The maximum atomic E-state index is 13.5. The number of nitrogens with one attached hydrogen (secondary N) is 1. The summed E-state index contributed by atoms with van der Waals surface area (Å²) < 4.78 is 54.2. The Bertz CT molecular complexity index is 1780. The van der Waals surface area contributed by atoms with Crippen molar-refractivity contribution in [1.82, 2.24) is 9.97 Å². The number of anilines is 2. The third kappa shape index (κ3) is 7.33. The summed E-state index contributed by atoms with van der Waals surface area (Å²) in [6, 6.07) is 17.4. The molecule has 8 nitrogen and oxygen atoms in total. The van der Waals surface area contributed by atoms with Crippen molar-refractivity contribution < 1.29 is 27.0 Å². The van der Waals surface area contributed by atoms with Crippen LogP contribution < -0.4 is 10.1 Å². The summed E-state index contributed by atoms with van der Waals surface area (Å²) in [7, 11) is -2.28. The van der Waals surface area contributed by atoms with Crippen molar-refractivity contribution in [2.75, 3.05) is 18.5 Å². The Labute approximate surface area is 256 Å². The molecular weight excluding hydrogens is 593 g/mol. The average molecular weight is 624 g/mol. The van der Waals surface area contributed by atoms with E-state index in [4.69, 9.17) is 25.8 Å². The smallest absolute Gasteiger partial charge is 0.215 e. The molecule has 43 heavy (non-hydrogen) atoms. The first-order valence-corrected chi connectivity index (χ1v) is 15.2. The summed E-state index contributed by atoms with van der Waals surface area (Å²) in [5, 5.41) is 4.51. The molecule has 0 saturated carbocycles. The van der Waals surface area contributed by atoms with E-state index in [9.17, 15) is 12.8 Å². The van der Waals surface area contributed by atoms with Gasteiger partial charge in [-0.15, -0.1) is 0 Å². The Morgan fingerprint density at radius 2 is 2.00 bits per heavy atom. The topological polar surface area (TPSA) is 99.6 Å². The molecule has 3 aromatic carbocycles. The second-order valence-electron chi connectivity index (χ2n) is 10.5. The maximum Gasteiger partial charge on any atom is 0.215 e. The lowest BCUT2D eigenvalue weighted by Crippen LogP contribution is -2.28. The van der Waals surface area contributed by atoms with Crippen LogP contribution in [-0.2, 0) is 32.0 Å². The first-order valence-electron chi connectivity index (χ1n) is 13.8. The number of ether oxygens (including phenoxy) is 3. The fourth-order valence-corrected chi connectivity index (χ4v) is 5.63. The first kappa shape index (κ1) is 30.5. The fraction of sp³-hybridized carbons (Fsp3) is 0.281. The van der Waals surface area contributed by atoms with Crippen LogP contribution in [0.2, 0.25) is 5.02 Å². The van der Waals surface area contributed by atoms with Crippen LogP contribution in [0.15, 0.2) is 79.3 Å². The second kappa shape index (κ2) is 13.5. The lowest BCUT2D eigenvalue weighted by atomic mass is 9.87. The Balaban J connectivity index is 1.32. The summed E-state index contributed by atoms with van der Waals surface area (Å²) in [6.45, 7) is 4.20. The van der Waals surface area contributed by atoms with Crippen molar-refractivity contribution in [2.45, 2.75) is 38.9 Å². The van der Waals surface area contributed by atoms with Crippen LogP contribution >= 0.6 is 11.6 Å². The molecule has 0 spiro atoms. The van der Waals surface area contributed by atoms with Crippen LogP contribution in [0.5, 0.6) is 5.75 Å². The summed E-state index contributed by atoms with van der Waals surface area (Å²) in [5.41, 5.74) is 2.40. The highest BCUT2D eigenvalue weighted by Gasteiger charge is 2.35. The van der Waals surface area contributed by atoms with Crippen molar-refractivity contribution in [3.63, 3.8) is 0 Å². The molecule has 0 saturated heterocycles. The SMILES string of the molecule is CC(C)C(COCCC1(c2ccc3ncnc(Nc4ccc(OCc5cccc(F)c5)c(Cl)c4)c3c2)CC=CO1)=S(=O)=O. The molecule has 0 aliphatic carbocycles. The Morgan fingerprint density at radius 1 is 1.14 bits per heavy atom. The number of rotatable bonds is 12. The summed E-state index contributed by atoms with van der Waals surface area (Å²) in [4.78, 5) is 9.25. The molecule has 4 aromatic rings. The predicted octanol–water partition coefficient (Wildman–Crippen LogP) is 6.99. The van der Waals surface area contributed by atoms with Gasteiger partial charge in [0.25, 0.3) is 0 Å². The first-order chi connectivity index (χ1) is 20.7. The van der Waals surface area contributed by atoms with Crippen LogP contribution in [-0.4, -0.2) is 36.5 Å². The van der Waals surface area contributed by atoms with Crippen LogP contribution in [0.4, 0.5) is 15.9 Å². The van der Waals surface area contributed by atoms with Crippen LogP contribution in [0.1, 0.15) is 37.8 Å². The number of fused-ring (bicyclic) bond motifs is 1. The highest BCUT2D eigenvalue weighted by molar-refractivity contribution is 7.73. The molecule has 5 rings (SSSR count). The number of halogens is 2. The molecule has 0 bridgehead atoms. The predicted molar refractivity (Wildman–Crippen MR) is 166 cm³/mol. The highest BCUT2D eigenvalue weighted by Crippen LogP contribution is 2.40. The molecule has 224 valence electrons. The van der Waals surface area contributed by atoms with Gasteiger partial charge in [-0.2, -0.15) is 8.42 Å². The lowest BCUT2D eigenvalue weighted by molar-refractivity contribution is 0.00586. The summed E-state index contributed by atoms with van der Waals surface area (Å²) in [5.74, 6) is 0.612. The van der Waals surface area contributed by atoms with Gasteiger partial charge in [0.2, 0.25) is 10.3 Å². The number of aromatic nitrogens is 2. The van der Waals surface area contributed by atoms with E-state index in [2.05, 4.69) is 15.3 Å². The number of hydrogen-bond donors (Lipinski definition) is 1. The molecular formula is C32H31ClFN3O5S. The molecule has 0 radical (unpaired) electrons. The molecule has 2 heterocycles. The third-order valence-corrected chi connectivity index (χ3v) is 8.54. The van der Waals surface area contributed by atoms with Gasteiger partial charge in [-0.25, -0.2) is 14.4 Å². The number of nitrogens with zero attached hydrogens (tertiary/aromatic N) is 2. The van der Waals surface area contributed by atoms with E-state index in [1.54, 1.807) is 30.5 Å². The Hall–Kier alpha value is -3.99. The molecule has 1 N–H and O–H groups in total. The minimum atomic E-state index is -2.28. The van der Waals surface area contributed by atoms with E-state index in [-0.39, 0.29) is 24.9 Å². The second-order valence-corrected chi connectivity index (χ2v) is 11.9. The molecule has 1 unspecified atom stereocenters. The van der Waals surface area contributed by atoms with Gasteiger partial charge >= 0.3 is 0 Å². The van der Waals surface area contributed by atoms with Crippen LogP contribution in [0.25, 0.3) is 10.9 Å². The van der Waals surface area contributed by atoms with Crippen molar-refractivity contribution in [3.05, 3.63) is 101 Å². The van der Waals surface area contributed by atoms with Gasteiger partial charge in [-0.3, -0.25) is 0 Å². The van der Waals surface area contributed by atoms with Gasteiger partial charge in [0.05, 0.1) is 34.9 Å². The minimum absolute atomic E-state index is 0.0497. The molecule has 1 atom stereocenters. The standard InChI is InChI=1S/C32H31ClFN3O5S/c1-21(2)30(43(38)39)19-40-14-12-32(11-4-13-42-32)23-7-9-28-26(16-23)31(36-20-35-28)37-25-8-10-29(27(33)17-25)41-18-22-5-3-6-24(34)15-22/h3-10,13,15-17,20-21H,11-12,14,18-19H2,1-2H3,(H,35,36,37). The van der Waals surface area contributed by atoms with Crippen molar-refractivity contribution in [1.29, 1.82) is 0 Å². The number of hydrogen-bond acceptors (Lipinski definition) is 8. The fourth-order valence-electron chi connectivity index (χ4n) is 4.83. The van der Waals surface area contributed by atoms with Gasteiger partial charge in [0, 0.05) is 23.9 Å². The van der Waals surface area contributed by atoms with E-state index in [0.717, 1.165) is 16.5 Å². The third-order valence-electron chi connectivity index (χ3n) is 7.23. The van der Waals surface area contributed by atoms with Crippen LogP contribution in [0.3, 0.4) is 0 Å². The Kier molecular flexibility index (Phi) is 9.59. The lowest BCUT2D eigenvalue weighted by Gasteiger charge is -2.29. The normalized spacial score (nSPS) is 15.9. The molecule has 1 aliphatic rings. The zero-order valence-electron chi connectivity index (χ0n) is 23.7. The largest absolute Gasteiger partial charge is 0.490 e. The quantitative estimate of drug-likeness (QED) is 0.133. The van der Waals surface area contributed by atoms with E-state index >= 15 is 0 Å². The van der Waals surface area contributed by atoms with Crippen molar-refractivity contribution >= 4 is 49.2 Å². The van der Waals surface area contributed by atoms with E-state index in [1.807, 2.05) is 44.2 Å². The van der Waals surface area contributed by atoms with Crippen LogP contribution in [0, 0.1) is 11.7 Å². The summed E-state index contributed by atoms with van der Waals surface area (Å²) in [6.07, 6.45) is 6.29. The molecule has 1 aliphatic heterocycles. The molecule has 0 fully saturated rings. The van der Waals surface area contributed by atoms with Gasteiger partial charge in [0.15, 0.2) is 0 Å². The zero-order valence-corrected chi connectivity index (χ0v) is 25.3. The van der Waals surface area contributed by atoms with E-state index in [1.165, 1.54) is 18.5 Å². The number of benzene rings is 3. The molecule has 1 aromatic heterocycles. The van der Waals surface area contributed by atoms with E-state index in [0.29, 0.717) is 52.2 Å². The Morgan fingerprint density at radius 3 is 2.72 bits per heavy atom. The van der Waals surface area contributed by atoms with Crippen molar-refractivity contribution in [2.24, 2.45) is 5.92 Å². The van der Waals surface area contributed by atoms with Gasteiger partial charge in [0.1, 0.15) is 35.9 Å². The minimum Gasteiger partial charge on any atom is -0.490 e. The maximum absolute atomic E-state index is 13.5.